The number of nitro benzene ring substituents is 1. The summed E-state index contributed by atoms with van der Waals surface area (Å²) < 4.78 is 28.1. The Morgan fingerprint density at radius 1 is 1.11 bits per heavy atom. The Balaban J connectivity index is 1.36. The van der Waals surface area contributed by atoms with Gasteiger partial charge >= 0.3 is 12.1 Å². The number of amides is 1. The maximum atomic E-state index is 12.9. The SMILES string of the molecule is CC(OC(=O)OCc1ccc([N+](=O)[O-])cc1)[C@H]1C(=O)N2C(C(=O)OCc3ccccc3)=C(O)CS(=O)[C@H]12. The van der Waals surface area contributed by atoms with Gasteiger partial charge < -0.3 is 19.3 Å². The largest absolute Gasteiger partial charge is 0.509 e. The van der Waals surface area contributed by atoms with Gasteiger partial charge in [-0.3, -0.25) is 24.0 Å². The zero-order valence-corrected chi connectivity index (χ0v) is 20.3. The van der Waals surface area contributed by atoms with Crippen molar-refractivity contribution in [3.8, 4) is 0 Å². The lowest BCUT2D eigenvalue weighted by molar-refractivity contribution is -0.384. The number of non-ortho nitro benzene ring substituents is 1. The summed E-state index contributed by atoms with van der Waals surface area (Å²) in [6.45, 7) is 1.11. The first kappa shape index (κ1) is 25.8. The Bertz CT molecular complexity index is 1280. The van der Waals surface area contributed by atoms with Crippen LogP contribution in [-0.2, 0) is 47.8 Å². The van der Waals surface area contributed by atoms with E-state index in [-0.39, 0.29) is 30.4 Å². The molecule has 0 spiro atoms. The molecule has 12 nitrogen and oxygen atoms in total. The normalized spacial score (nSPS) is 21.4. The van der Waals surface area contributed by atoms with E-state index in [1.165, 1.54) is 31.2 Å². The van der Waals surface area contributed by atoms with Crippen LogP contribution in [0.4, 0.5) is 10.5 Å². The topological polar surface area (TPSA) is 163 Å². The van der Waals surface area contributed by atoms with Crippen LogP contribution in [0.3, 0.4) is 0 Å². The van der Waals surface area contributed by atoms with Crippen molar-refractivity contribution < 1.29 is 42.8 Å². The summed E-state index contributed by atoms with van der Waals surface area (Å²) in [6, 6.07) is 14.2. The maximum Gasteiger partial charge on any atom is 0.508 e. The summed E-state index contributed by atoms with van der Waals surface area (Å²) in [5, 5.41) is 20.0. The number of carbonyl (C=O) groups excluding carboxylic acids is 3. The summed E-state index contributed by atoms with van der Waals surface area (Å²) in [6.07, 6.45) is -2.15. The third kappa shape index (κ3) is 5.45. The Labute approximate surface area is 213 Å². The molecule has 0 bridgehead atoms. The second-order valence-corrected chi connectivity index (χ2v) is 9.83. The van der Waals surface area contributed by atoms with E-state index >= 15 is 0 Å². The highest BCUT2D eigenvalue weighted by Gasteiger charge is 2.59. The zero-order valence-electron chi connectivity index (χ0n) is 19.5. The average Bonchev–Trinajstić information content (AvgIpc) is 2.87. The lowest BCUT2D eigenvalue weighted by Gasteiger charge is -2.49. The van der Waals surface area contributed by atoms with E-state index in [1.807, 2.05) is 0 Å². The van der Waals surface area contributed by atoms with Gasteiger partial charge in [0.15, 0.2) is 5.70 Å². The minimum Gasteiger partial charge on any atom is -0.509 e. The van der Waals surface area contributed by atoms with Gasteiger partial charge in [-0.15, -0.1) is 0 Å². The highest BCUT2D eigenvalue weighted by molar-refractivity contribution is 7.86. The standard InChI is InChI=1S/C24H22N2O10S/c1-14(36-24(30)35-12-16-7-9-17(10-8-16)26(31)32)19-21(28)25-20(18(27)13-37(33)22(19)25)23(29)34-11-15-5-3-2-4-6-15/h2-10,14,19,22,27H,11-13H2,1H3/t14?,19-,22+,37?/m0/s1. The molecule has 1 fully saturated rings. The minimum atomic E-state index is -1.76. The lowest BCUT2D eigenvalue weighted by atomic mass is 9.91. The molecule has 4 rings (SSSR count). The van der Waals surface area contributed by atoms with Gasteiger partial charge in [-0.05, 0) is 30.2 Å². The van der Waals surface area contributed by atoms with Crippen LogP contribution in [0.25, 0.3) is 0 Å². The molecule has 2 aliphatic rings. The van der Waals surface area contributed by atoms with Crippen LogP contribution < -0.4 is 0 Å². The van der Waals surface area contributed by atoms with Crippen molar-refractivity contribution in [1.29, 1.82) is 0 Å². The van der Waals surface area contributed by atoms with E-state index in [1.54, 1.807) is 30.3 Å². The number of nitro groups is 1. The number of nitrogens with zero attached hydrogens (tertiary/aromatic N) is 2. The van der Waals surface area contributed by atoms with Crippen molar-refractivity contribution in [2.24, 2.45) is 5.92 Å². The predicted octanol–water partition coefficient (Wildman–Crippen LogP) is 2.70. The molecule has 1 N–H and O–H groups in total. The zero-order chi connectivity index (χ0) is 26.7. The number of aliphatic hydroxyl groups excluding tert-OH is 1. The average molecular weight is 531 g/mol. The van der Waals surface area contributed by atoms with Crippen molar-refractivity contribution in [3.63, 3.8) is 0 Å². The summed E-state index contributed by atoms with van der Waals surface area (Å²) >= 11 is 0. The summed E-state index contributed by atoms with van der Waals surface area (Å²) in [4.78, 5) is 48.8. The molecule has 0 radical (unpaired) electrons. The summed E-state index contributed by atoms with van der Waals surface area (Å²) in [7, 11) is -1.76. The number of fused-ring (bicyclic) bond motifs is 1. The predicted molar refractivity (Wildman–Crippen MR) is 127 cm³/mol. The number of ether oxygens (including phenoxy) is 3. The van der Waals surface area contributed by atoms with Crippen molar-refractivity contribution in [3.05, 3.63) is 87.3 Å². The number of benzene rings is 2. The molecule has 0 saturated carbocycles. The number of esters is 1. The van der Waals surface area contributed by atoms with Gasteiger partial charge in [-0.25, -0.2) is 9.59 Å². The van der Waals surface area contributed by atoms with Gasteiger partial charge in [0.05, 0.1) is 21.5 Å². The van der Waals surface area contributed by atoms with Crippen molar-refractivity contribution in [2.75, 3.05) is 5.75 Å². The van der Waals surface area contributed by atoms with Gasteiger partial charge in [0, 0.05) is 12.1 Å². The highest BCUT2D eigenvalue weighted by atomic mass is 32.2. The molecule has 1 saturated heterocycles. The third-order valence-electron chi connectivity index (χ3n) is 5.84. The van der Waals surface area contributed by atoms with Crippen molar-refractivity contribution in [2.45, 2.75) is 31.6 Å². The van der Waals surface area contributed by atoms with Crippen LogP contribution in [0.15, 0.2) is 66.1 Å². The maximum absolute atomic E-state index is 12.9. The van der Waals surface area contributed by atoms with Crippen LogP contribution in [-0.4, -0.2) is 54.4 Å². The number of carbonyl (C=O) groups is 3. The van der Waals surface area contributed by atoms with Crippen LogP contribution in [0, 0.1) is 16.0 Å². The summed E-state index contributed by atoms with van der Waals surface area (Å²) in [5.74, 6) is -3.51. The molecule has 2 aromatic rings. The number of aliphatic hydroxyl groups is 1. The molecule has 13 heteroatoms. The lowest BCUT2D eigenvalue weighted by Crippen LogP contribution is -2.68. The number of rotatable bonds is 8. The molecule has 0 aliphatic carbocycles. The fourth-order valence-electron chi connectivity index (χ4n) is 3.99. The van der Waals surface area contributed by atoms with E-state index in [0.717, 1.165) is 4.90 Å². The molecule has 37 heavy (non-hydrogen) atoms. The smallest absolute Gasteiger partial charge is 0.508 e. The van der Waals surface area contributed by atoms with Crippen LogP contribution in [0.2, 0.25) is 0 Å². The third-order valence-corrected chi connectivity index (χ3v) is 7.45. The van der Waals surface area contributed by atoms with Gasteiger partial charge in [0.2, 0.25) is 5.91 Å². The molecule has 0 aromatic heterocycles. The molecule has 4 atom stereocenters. The van der Waals surface area contributed by atoms with E-state index in [2.05, 4.69) is 0 Å². The molecule has 1 amide bonds. The van der Waals surface area contributed by atoms with Gasteiger partial charge in [-0.1, -0.05) is 30.3 Å². The van der Waals surface area contributed by atoms with Gasteiger partial charge in [0.25, 0.3) is 5.69 Å². The number of β-lactam (4-membered cyclic amide) rings is 1. The van der Waals surface area contributed by atoms with Gasteiger partial charge in [0.1, 0.15) is 36.4 Å². The van der Waals surface area contributed by atoms with Crippen molar-refractivity contribution in [1.82, 2.24) is 4.90 Å². The molecule has 194 valence electrons. The minimum absolute atomic E-state index is 0.0875. The first-order valence-corrected chi connectivity index (χ1v) is 12.5. The molecule has 2 aliphatic heterocycles. The Morgan fingerprint density at radius 2 is 1.73 bits per heavy atom. The molecule has 2 heterocycles. The van der Waals surface area contributed by atoms with Crippen LogP contribution >= 0.6 is 0 Å². The second kappa shape index (κ2) is 10.8. The Morgan fingerprint density at radius 3 is 2.38 bits per heavy atom. The molecule has 2 unspecified atom stereocenters. The summed E-state index contributed by atoms with van der Waals surface area (Å²) in [5.41, 5.74) is 0.689. The monoisotopic (exact) mass is 530 g/mol. The fourth-order valence-corrected chi connectivity index (χ4v) is 5.67. The van der Waals surface area contributed by atoms with Crippen molar-refractivity contribution >= 4 is 34.5 Å². The number of hydrogen-bond donors (Lipinski definition) is 1. The van der Waals surface area contributed by atoms with E-state index < -0.39 is 56.9 Å². The highest BCUT2D eigenvalue weighted by Crippen LogP contribution is 2.41. The van der Waals surface area contributed by atoms with E-state index in [9.17, 15) is 33.8 Å². The molecule has 2 aromatic carbocycles. The fraction of sp³-hybridized carbons (Fsp3) is 0.292. The number of hydrogen-bond acceptors (Lipinski definition) is 10. The Kier molecular flexibility index (Phi) is 7.53. The molecular weight excluding hydrogens is 508 g/mol. The Hall–Kier alpha value is -4.26. The van der Waals surface area contributed by atoms with E-state index in [4.69, 9.17) is 14.2 Å². The first-order chi connectivity index (χ1) is 17.7. The first-order valence-electron chi connectivity index (χ1n) is 11.1. The van der Waals surface area contributed by atoms with E-state index in [0.29, 0.717) is 11.1 Å². The van der Waals surface area contributed by atoms with Gasteiger partial charge in [-0.2, -0.15) is 0 Å². The van der Waals surface area contributed by atoms with Crippen LogP contribution in [0.1, 0.15) is 18.1 Å². The van der Waals surface area contributed by atoms with Crippen LogP contribution in [0.5, 0.6) is 0 Å². The quantitative estimate of drug-likeness (QED) is 0.232. The molecular formula is C24H22N2O10S. The second-order valence-electron chi connectivity index (χ2n) is 8.29.